The third-order valence-electron chi connectivity index (χ3n) is 1.76. The molecule has 0 heteroatoms. The Kier molecular flexibility index (Phi) is 1.27. The summed E-state index contributed by atoms with van der Waals surface area (Å²) in [6.07, 6.45) is 4.22. The maximum atomic E-state index is 2.33. The van der Waals surface area contributed by atoms with E-state index >= 15 is 0 Å². The first-order chi connectivity index (χ1) is 3.29. The van der Waals surface area contributed by atoms with Crippen molar-refractivity contribution in [3.05, 3.63) is 5.92 Å². The summed E-state index contributed by atoms with van der Waals surface area (Å²) < 4.78 is 0. The Bertz CT molecular complexity index is 49.1. The predicted octanol–water partition coefficient (Wildman–Crippen LogP) is 2.40. The molecule has 1 unspecified atom stereocenters. The van der Waals surface area contributed by atoms with Crippen molar-refractivity contribution in [1.82, 2.24) is 0 Å². The summed E-state index contributed by atoms with van der Waals surface area (Å²) in [7, 11) is 0. The molecule has 1 atom stereocenters. The fourth-order valence-corrected chi connectivity index (χ4v) is 1.29. The molecule has 0 N–H and O–H groups in total. The minimum Gasteiger partial charge on any atom is -0.0583 e. The molecule has 7 heavy (non-hydrogen) atoms. The van der Waals surface area contributed by atoms with Gasteiger partial charge < -0.3 is 0 Å². The van der Waals surface area contributed by atoms with Crippen molar-refractivity contribution in [3.8, 4) is 0 Å². The van der Waals surface area contributed by atoms with Crippen molar-refractivity contribution >= 4 is 0 Å². The Morgan fingerprint density at radius 3 is 2.43 bits per heavy atom. The van der Waals surface area contributed by atoms with E-state index in [1.807, 2.05) is 0 Å². The van der Waals surface area contributed by atoms with Gasteiger partial charge in [0.15, 0.2) is 0 Å². The molecular weight excluding hydrogens is 84.1 g/mol. The second-order valence-electron chi connectivity index (χ2n) is 2.81. The molecule has 1 saturated carbocycles. The Labute approximate surface area is 45.9 Å². The number of hydrogen-bond donors (Lipinski definition) is 0. The van der Waals surface area contributed by atoms with Crippen LogP contribution in [0.1, 0.15) is 33.1 Å². The van der Waals surface area contributed by atoms with E-state index in [1.165, 1.54) is 19.3 Å². The second kappa shape index (κ2) is 1.77. The first kappa shape index (κ1) is 5.02. The summed E-state index contributed by atoms with van der Waals surface area (Å²) >= 11 is 0. The zero-order valence-electron chi connectivity index (χ0n) is 5.20. The summed E-state index contributed by atoms with van der Waals surface area (Å²) in [6, 6.07) is 0. The molecule has 0 aromatic rings. The average molecular weight is 97.2 g/mol. The smallest absolute Gasteiger partial charge is 0.0583 e. The van der Waals surface area contributed by atoms with E-state index in [4.69, 9.17) is 0 Å². The second-order valence-corrected chi connectivity index (χ2v) is 2.81. The van der Waals surface area contributed by atoms with Crippen LogP contribution in [0.25, 0.3) is 0 Å². The fraction of sp³-hybridized carbons (Fsp3) is 0.857. The van der Waals surface area contributed by atoms with Crippen LogP contribution in [0.4, 0.5) is 0 Å². The zero-order valence-corrected chi connectivity index (χ0v) is 5.20. The van der Waals surface area contributed by atoms with E-state index in [0.29, 0.717) is 0 Å². The predicted molar refractivity (Wildman–Crippen MR) is 31.9 cm³/mol. The largest absolute Gasteiger partial charge is 0.0924 e. The molecule has 0 spiro atoms. The van der Waals surface area contributed by atoms with Crippen molar-refractivity contribution in [2.24, 2.45) is 5.92 Å². The highest BCUT2D eigenvalue weighted by atomic mass is 14.2. The lowest BCUT2D eigenvalue weighted by atomic mass is 10.1. The molecule has 0 heterocycles. The van der Waals surface area contributed by atoms with Crippen LogP contribution < -0.4 is 0 Å². The van der Waals surface area contributed by atoms with Gasteiger partial charge in [-0.1, -0.05) is 6.92 Å². The molecule has 1 aliphatic carbocycles. The van der Waals surface area contributed by atoms with Gasteiger partial charge in [-0.15, -0.1) is 0 Å². The quantitative estimate of drug-likeness (QED) is 0.407. The maximum Gasteiger partial charge on any atom is 0.0924 e. The Morgan fingerprint density at radius 2 is 2.29 bits per heavy atom. The first-order valence-corrected chi connectivity index (χ1v) is 3.10. The van der Waals surface area contributed by atoms with Gasteiger partial charge in [0.1, 0.15) is 0 Å². The van der Waals surface area contributed by atoms with Crippen molar-refractivity contribution < 1.29 is 0 Å². The first-order valence-electron chi connectivity index (χ1n) is 3.10. The lowest BCUT2D eigenvalue weighted by molar-refractivity contribution is 0.616. The Morgan fingerprint density at radius 1 is 1.57 bits per heavy atom. The molecule has 0 amide bonds. The highest BCUT2D eigenvalue weighted by Gasteiger charge is 2.25. The van der Waals surface area contributed by atoms with Crippen LogP contribution >= 0.6 is 0 Å². The standard InChI is InChI=1S/C7H13/c1-6-3-4-7(2)5-6/h6H,3-5H2,1-2H3/q+1. The molecule has 0 aliphatic heterocycles. The summed E-state index contributed by atoms with van der Waals surface area (Å²) in [5, 5.41) is 0. The number of rotatable bonds is 0. The van der Waals surface area contributed by atoms with Crippen LogP contribution in [0.5, 0.6) is 0 Å². The monoisotopic (exact) mass is 97.1 g/mol. The topological polar surface area (TPSA) is 0 Å². The van der Waals surface area contributed by atoms with Crippen LogP contribution in [0.3, 0.4) is 0 Å². The Balaban J connectivity index is 2.26. The Hall–Kier alpha value is -0.130. The van der Waals surface area contributed by atoms with Gasteiger partial charge in [-0.2, -0.15) is 0 Å². The fourth-order valence-electron chi connectivity index (χ4n) is 1.29. The highest BCUT2D eigenvalue weighted by molar-refractivity contribution is 4.92. The van der Waals surface area contributed by atoms with E-state index in [1.54, 1.807) is 5.92 Å². The van der Waals surface area contributed by atoms with Gasteiger partial charge in [-0.25, -0.2) is 0 Å². The van der Waals surface area contributed by atoms with Gasteiger partial charge in [0.2, 0.25) is 0 Å². The maximum absolute atomic E-state index is 2.33. The minimum absolute atomic E-state index is 0.986. The molecule has 0 aromatic heterocycles. The van der Waals surface area contributed by atoms with Crippen LogP contribution in [0.2, 0.25) is 0 Å². The van der Waals surface area contributed by atoms with E-state index in [0.717, 1.165) is 5.92 Å². The molecule has 1 rings (SSSR count). The molecule has 0 nitrogen and oxygen atoms in total. The van der Waals surface area contributed by atoms with Crippen molar-refractivity contribution in [2.45, 2.75) is 33.1 Å². The van der Waals surface area contributed by atoms with Crippen LogP contribution in [-0.2, 0) is 0 Å². The van der Waals surface area contributed by atoms with Crippen LogP contribution in [0.15, 0.2) is 0 Å². The number of hydrogen-bond acceptors (Lipinski definition) is 0. The molecule has 0 bridgehead atoms. The molecule has 0 saturated heterocycles. The van der Waals surface area contributed by atoms with Crippen molar-refractivity contribution in [3.63, 3.8) is 0 Å². The highest BCUT2D eigenvalue weighted by Crippen LogP contribution is 2.30. The normalized spacial score (nSPS) is 31.7. The van der Waals surface area contributed by atoms with Gasteiger partial charge in [0.25, 0.3) is 0 Å². The SMILES string of the molecule is C[C+]1CCC(C)C1. The lowest BCUT2D eigenvalue weighted by Gasteiger charge is -1.87. The third-order valence-corrected chi connectivity index (χ3v) is 1.76. The van der Waals surface area contributed by atoms with Gasteiger partial charge in [-0.3, -0.25) is 0 Å². The molecular formula is C7H13+. The average Bonchev–Trinajstić information content (AvgIpc) is 1.87. The molecule has 1 aliphatic rings. The van der Waals surface area contributed by atoms with E-state index < -0.39 is 0 Å². The van der Waals surface area contributed by atoms with Gasteiger partial charge in [0.05, 0.1) is 25.7 Å². The van der Waals surface area contributed by atoms with Crippen molar-refractivity contribution in [1.29, 1.82) is 0 Å². The minimum atomic E-state index is 0.986. The lowest BCUT2D eigenvalue weighted by Crippen LogP contribution is -1.82. The third kappa shape index (κ3) is 1.12. The van der Waals surface area contributed by atoms with Crippen molar-refractivity contribution in [2.75, 3.05) is 0 Å². The molecule has 0 radical (unpaired) electrons. The van der Waals surface area contributed by atoms with E-state index in [9.17, 15) is 0 Å². The summed E-state index contributed by atoms with van der Waals surface area (Å²) in [5.74, 6) is 2.69. The van der Waals surface area contributed by atoms with Gasteiger partial charge in [-0.05, 0) is 6.42 Å². The summed E-state index contributed by atoms with van der Waals surface area (Å²) in [6.45, 7) is 4.60. The van der Waals surface area contributed by atoms with Crippen LogP contribution in [-0.4, -0.2) is 0 Å². The van der Waals surface area contributed by atoms with E-state index in [2.05, 4.69) is 13.8 Å². The molecule has 0 aromatic carbocycles. The molecule has 40 valence electrons. The summed E-state index contributed by atoms with van der Waals surface area (Å²) in [4.78, 5) is 0. The van der Waals surface area contributed by atoms with Gasteiger partial charge in [0, 0.05) is 5.92 Å². The van der Waals surface area contributed by atoms with Crippen LogP contribution in [0, 0.1) is 11.8 Å². The molecule has 1 fully saturated rings. The van der Waals surface area contributed by atoms with E-state index in [-0.39, 0.29) is 0 Å². The zero-order chi connectivity index (χ0) is 5.28. The summed E-state index contributed by atoms with van der Waals surface area (Å²) in [5.41, 5.74) is 0. The van der Waals surface area contributed by atoms with Gasteiger partial charge >= 0.3 is 0 Å².